The highest BCUT2D eigenvalue weighted by molar-refractivity contribution is 5.46. The highest BCUT2D eigenvalue weighted by Crippen LogP contribution is 2.15. The van der Waals surface area contributed by atoms with E-state index in [1.165, 1.54) is 16.7 Å². The first-order valence-electron chi connectivity index (χ1n) is 5.74. The van der Waals surface area contributed by atoms with E-state index in [0.29, 0.717) is 5.75 Å². The van der Waals surface area contributed by atoms with Gasteiger partial charge in [0.05, 0.1) is 0 Å². The predicted molar refractivity (Wildman–Crippen MR) is 71.3 cm³/mol. The van der Waals surface area contributed by atoms with Crippen LogP contribution in [0.5, 0.6) is 5.75 Å². The zero-order valence-corrected chi connectivity index (χ0v) is 10.2. The number of rotatable bonds is 3. The van der Waals surface area contributed by atoms with Crippen molar-refractivity contribution in [2.45, 2.75) is 20.4 Å². The van der Waals surface area contributed by atoms with Gasteiger partial charge in [0, 0.05) is 12.2 Å². The van der Waals surface area contributed by atoms with Crippen LogP contribution >= 0.6 is 0 Å². The molecule has 0 unspecified atom stereocenters. The smallest absolute Gasteiger partial charge is 0.115 e. The van der Waals surface area contributed by atoms with Gasteiger partial charge in [-0.05, 0) is 54.8 Å². The van der Waals surface area contributed by atoms with Gasteiger partial charge in [0.1, 0.15) is 5.75 Å². The summed E-state index contributed by atoms with van der Waals surface area (Å²) in [7, 11) is 0. The van der Waals surface area contributed by atoms with Crippen molar-refractivity contribution in [3.63, 3.8) is 0 Å². The molecule has 0 bridgehead atoms. The maximum Gasteiger partial charge on any atom is 0.115 e. The standard InChI is InChI=1S/C15H17NO/c1-11-3-4-13(9-12(11)2)10-16-14-5-7-15(17)8-6-14/h3-9,16-17H,10H2,1-2H3. The molecule has 0 aliphatic carbocycles. The molecule has 2 nitrogen and oxygen atoms in total. The Hall–Kier alpha value is -1.96. The third-order valence-electron chi connectivity index (χ3n) is 2.94. The molecule has 0 spiro atoms. The second-order valence-corrected chi connectivity index (χ2v) is 4.32. The molecule has 2 aromatic carbocycles. The molecule has 0 saturated carbocycles. The molecule has 2 heteroatoms. The third-order valence-corrected chi connectivity index (χ3v) is 2.94. The van der Waals surface area contributed by atoms with E-state index in [4.69, 9.17) is 0 Å². The number of hydrogen-bond donors (Lipinski definition) is 2. The Morgan fingerprint density at radius 2 is 1.65 bits per heavy atom. The lowest BCUT2D eigenvalue weighted by Gasteiger charge is -2.08. The van der Waals surface area contributed by atoms with Gasteiger partial charge in [-0.1, -0.05) is 18.2 Å². The van der Waals surface area contributed by atoms with Gasteiger partial charge >= 0.3 is 0 Å². The number of phenols is 1. The van der Waals surface area contributed by atoms with Gasteiger partial charge in [0.15, 0.2) is 0 Å². The average molecular weight is 227 g/mol. The summed E-state index contributed by atoms with van der Waals surface area (Å²) in [4.78, 5) is 0. The second-order valence-electron chi connectivity index (χ2n) is 4.32. The molecule has 0 saturated heterocycles. The van der Waals surface area contributed by atoms with Gasteiger partial charge < -0.3 is 10.4 Å². The van der Waals surface area contributed by atoms with Crippen molar-refractivity contribution in [2.75, 3.05) is 5.32 Å². The molecule has 0 heterocycles. The predicted octanol–water partition coefficient (Wildman–Crippen LogP) is 3.62. The van der Waals surface area contributed by atoms with Crippen LogP contribution in [0.25, 0.3) is 0 Å². The van der Waals surface area contributed by atoms with E-state index in [2.05, 4.69) is 37.4 Å². The van der Waals surface area contributed by atoms with Crippen LogP contribution in [0.1, 0.15) is 16.7 Å². The number of nitrogens with one attached hydrogen (secondary N) is 1. The van der Waals surface area contributed by atoms with Crippen LogP contribution in [-0.2, 0) is 6.54 Å². The Morgan fingerprint density at radius 3 is 2.29 bits per heavy atom. The molecule has 0 fully saturated rings. The quantitative estimate of drug-likeness (QED) is 0.785. The summed E-state index contributed by atoms with van der Waals surface area (Å²) < 4.78 is 0. The van der Waals surface area contributed by atoms with E-state index in [9.17, 15) is 5.11 Å². The van der Waals surface area contributed by atoms with Crippen LogP contribution in [0.15, 0.2) is 42.5 Å². The summed E-state index contributed by atoms with van der Waals surface area (Å²) in [5.74, 6) is 0.293. The molecule has 0 aromatic heterocycles. The minimum absolute atomic E-state index is 0.293. The lowest BCUT2D eigenvalue weighted by atomic mass is 10.1. The Morgan fingerprint density at radius 1 is 0.941 bits per heavy atom. The Kier molecular flexibility index (Phi) is 3.33. The Labute approximate surface area is 102 Å². The highest BCUT2D eigenvalue weighted by atomic mass is 16.3. The first-order valence-corrected chi connectivity index (χ1v) is 5.74. The van der Waals surface area contributed by atoms with Crippen molar-refractivity contribution in [3.05, 3.63) is 59.2 Å². The Bertz CT molecular complexity index is 503. The number of aromatic hydroxyl groups is 1. The van der Waals surface area contributed by atoms with Gasteiger partial charge in [0.25, 0.3) is 0 Å². The molecule has 2 N–H and O–H groups in total. The van der Waals surface area contributed by atoms with Crippen LogP contribution < -0.4 is 5.32 Å². The fourth-order valence-corrected chi connectivity index (χ4v) is 1.70. The van der Waals surface area contributed by atoms with Crippen LogP contribution in [0, 0.1) is 13.8 Å². The molecular formula is C15H17NO. The topological polar surface area (TPSA) is 32.3 Å². The average Bonchev–Trinajstić information content (AvgIpc) is 2.33. The molecule has 0 radical (unpaired) electrons. The molecule has 0 aliphatic rings. The zero-order chi connectivity index (χ0) is 12.3. The normalized spacial score (nSPS) is 10.2. The van der Waals surface area contributed by atoms with E-state index in [1.54, 1.807) is 12.1 Å². The maximum atomic E-state index is 9.18. The molecular weight excluding hydrogens is 210 g/mol. The molecule has 0 atom stereocenters. The monoisotopic (exact) mass is 227 g/mol. The van der Waals surface area contributed by atoms with E-state index in [1.807, 2.05) is 12.1 Å². The van der Waals surface area contributed by atoms with E-state index < -0.39 is 0 Å². The summed E-state index contributed by atoms with van der Waals surface area (Å²) in [6.07, 6.45) is 0. The molecule has 0 amide bonds. The minimum atomic E-state index is 0.293. The van der Waals surface area contributed by atoms with Crippen molar-refractivity contribution >= 4 is 5.69 Å². The van der Waals surface area contributed by atoms with Crippen molar-refractivity contribution < 1.29 is 5.11 Å². The van der Waals surface area contributed by atoms with Crippen molar-refractivity contribution in [1.82, 2.24) is 0 Å². The molecule has 17 heavy (non-hydrogen) atoms. The summed E-state index contributed by atoms with van der Waals surface area (Å²) in [6, 6.07) is 13.6. The van der Waals surface area contributed by atoms with Crippen LogP contribution in [0.3, 0.4) is 0 Å². The lowest BCUT2D eigenvalue weighted by molar-refractivity contribution is 0.475. The number of benzene rings is 2. The van der Waals surface area contributed by atoms with E-state index in [0.717, 1.165) is 12.2 Å². The maximum absolute atomic E-state index is 9.18. The SMILES string of the molecule is Cc1ccc(CNc2ccc(O)cc2)cc1C. The van der Waals surface area contributed by atoms with Crippen LogP contribution in [0.4, 0.5) is 5.69 Å². The molecule has 88 valence electrons. The van der Waals surface area contributed by atoms with Crippen molar-refractivity contribution in [2.24, 2.45) is 0 Å². The van der Waals surface area contributed by atoms with E-state index >= 15 is 0 Å². The highest BCUT2D eigenvalue weighted by Gasteiger charge is 1.97. The van der Waals surface area contributed by atoms with Crippen molar-refractivity contribution in [3.8, 4) is 5.75 Å². The first kappa shape index (κ1) is 11.5. The fraction of sp³-hybridized carbons (Fsp3) is 0.200. The number of phenolic OH excluding ortho intramolecular Hbond substituents is 1. The van der Waals surface area contributed by atoms with Crippen LogP contribution in [0.2, 0.25) is 0 Å². The molecule has 0 aliphatic heterocycles. The summed E-state index contributed by atoms with van der Waals surface area (Å²) in [5.41, 5.74) is 4.91. The lowest BCUT2D eigenvalue weighted by Crippen LogP contribution is -1.99. The number of anilines is 1. The van der Waals surface area contributed by atoms with Gasteiger partial charge in [-0.25, -0.2) is 0 Å². The minimum Gasteiger partial charge on any atom is -0.508 e. The third kappa shape index (κ3) is 3.00. The van der Waals surface area contributed by atoms with Gasteiger partial charge in [-0.3, -0.25) is 0 Å². The second kappa shape index (κ2) is 4.91. The van der Waals surface area contributed by atoms with Gasteiger partial charge in [-0.2, -0.15) is 0 Å². The molecule has 2 aromatic rings. The van der Waals surface area contributed by atoms with Crippen LogP contribution in [-0.4, -0.2) is 5.11 Å². The number of aryl methyl sites for hydroxylation is 2. The Balaban J connectivity index is 2.02. The van der Waals surface area contributed by atoms with Gasteiger partial charge in [0.2, 0.25) is 0 Å². The fourth-order valence-electron chi connectivity index (χ4n) is 1.70. The summed E-state index contributed by atoms with van der Waals surface area (Å²) >= 11 is 0. The zero-order valence-electron chi connectivity index (χ0n) is 10.2. The largest absolute Gasteiger partial charge is 0.508 e. The number of hydrogen-bond acceptors (Lipinski definition) is 2. The van der Waals surface area contributed by atoms with Crippen molar-refractivity contribution in [1.29, 1.82) is 0 Å². The first-order chi connectivity index (χ1) is 8.15. The van der Waals surface area contributed by atoms with E-state index in [-0.39, 0.29) is 0 Å². The summed E-state index contributed by atoms with van der Waals surface area (Å²) in [6.45, 7) is 5.04. The molecule has 2 rings (SSSR count). The summed E-state index contributed by atoms with van der Waals surface area (Å²) in [5, 5.41) is 12.5. The van der Waals surface area contributed by atoms with Gasteiger partial charge in [-0.15, -0.1) is 0 Å².